The van der Waals surface area contributed by atoms with Crippen molar-refractivity contribution in [2.75, 3.05) is 55.3 Å². The number of carbonyl (C=O) groups is 1. The number of nitrogens with one attached hydrogen (secondary N) is 2. The van der Waals surface area contributed by atoms with Gasteiger partial charge in [0.25, 0.3) is 5.91 Å². The lowest BCUT2D eigenvalue weighted by Gasteiger charge is -2.43. The first-order valence-corrected chi connectivity index (χ1v) is 11.7. The molecule has 1 aromatic carbocycles. The lowest BCUT2D eigenvalue weighted by molar-refractivity contribution is -0.0129. The van der Waals surface area contributed by atoms with E-state index in [1.807, 2.05) is 11.8 Å². The maximum Gasteiger partial charge on any atom is 0.253 e. The van der Waals surface area contributed by atoms with E-state index in [0.29, 0.717) is 17.8 Å². The quantitative estimate of drug-likeness (QED) is 0.742. The van der Waals surface area contributed by atoms with Crippen LogP contribution in [-0.2, 0) is 14.8 Å². The van der Waals surface area contributed by atoms with Crippen LogP contribution in [0.2, 0.25) is 0 Å². The number of ether oxygens (including phenoxy) is 1. The summed E-state index contributed by atoms with van der Waals surface area (Å²) in [6.45, 7) is 3.75. The fraction of sp³-hybridized carbons (Fsp3) is 0.588. The van der Waals surface area contributed by atoms with Crippen molar-refractivity contribution in [3.8, 4) is 0 Å². The molecule has 0 bridgehead atoms. The number of benzene rings is 1. The van der Waals surface area contributed by atoms with Crippen molar-refractivity contribution in [3.63, 3.8) is 0 Å². The third kappa shape index (κ3) is 4.70. The Hall–Kier alpha value is -1.29. The van der Waals surface area contributed by atoms with Crippen molar-refractivity contribution >= 4 is 33.4 Å². The maximum absolute atomic E-state index is 12.7. The van der Waals surface area contributed by atoms with Gasteiger partial charge in [-0.1, -0.05) is 12.1 Å². The minimum Gasteiger partial charge on any atom is -0.379 e. The molecule has 7 nitrogen and oxygen atoms in total. The van der Waals surface area contributed by atoms with E-state index in [2.05, 4.69) is 14.9 Å². The van der Waals surface area contributed by atoms with Gasteiger partial charge in [-0.15, -0.1) is 0 Å². The summed E-state index contributed by atoms with van der Waals surface area (Å²) < 4.78 is 30.9. The zero-order valence-corrected chi connectivity index (χ0v) is 16.5. The predicted molar refractivity (Wildman–Crippen MR) is 104 cm³/mol. The topological polar surface area (TPSA) is 87.7 Å². The normalized spacial score (nSPS) is 24.3. The molecule has 2 aliphatic rings. The van der Waals surface area contributed by atoms with Gasteiger partial charge >= 0.3 is 0 Å². The molecule has 0 spiro atoms. The third-order valence-electron chi connectivity index (χ3n) is 4.81. The summed E-state index contributed by atoms with van der Waals surface area (Å²) in [6.07, 6.45) is 2.10. The SMILES string of the molecule is CS(=O)(=O)Nc1ccccc1C(=O)NCC1(N2CCOCC2)CCSC1. The van der Waals surface area contributed by atoms with E-state index in [1.165, 1.54) is 0 Å². The van der Waals surface area contributed by atoms with Gasteiger partial charge in [0.05, 0.1) is 30.7 Å². The standard InChI is InChI=1S/C17H25N3O4S2/c1-26(22,23)19-15-5-3-2-4-14(15)16(21)18-12-17(6-11-25-13-17)20-7-9-24-10-8-20/h2-5,19H,6-13H2,1H3,(H,18,21). The number of carbonyl (C=O) groups excluding carboxylic acids is 1. The molecule has 2 saturated heterocycles. The monoisotopic (exact) mass is 399 g/mol. The van der Waals surface area contributed by atoms with Gasteiger partial charge < -0.3 is 10.1 Å². The molecule has 0 aromatic heterocycles. The molecular formula is C17H25N3O4S2. The number of hydrogen-bond donors (Lipinski definition) is 2. The molecule has 0 saturated carbocycles. The lowest BCUT2D eigenvalue weighted by atomic mass is 9.95. The van der Waals surface area contributed by atoms with Gasteiger partial charge in [-0.3, -0.25) is 14.4 Å². The number of hydrogen-bond acceptors (Lipinski definition) is 6. The van der Waals surface area contributed by atoms with Crippen LogP contribution in [0.15, 0.2) is 24.3 Å². The van der Waals surface area contributed by atoms with Crippen LogP contribution in [0, 0.1) is 0 Å². The Balaban J connectivity index is 1.71. The number of sulfonamides is 1. The summed E-state index contributed by atoms with van der Waals surface area (Å²) in [5.41, 5.74) is 0.581. The van der Waals surface area contributed by atoms with Gasteiger partial charge in [0.2, 0.25) is 10.0 Å². The number of morpholine rings is 1. The van der Waals surface area contributed by atoms with Crippen LogP contribution in [-0.4, -0.2) is 75.4 Å². The number of rotatable bonds is 6. The molecule has 3 rings (SSSR count). The molecule has 9 heteroatoms. The van der Waals surface area contributed by atoms with E-state index in [9.17, 15) is 13.2 Å². The molecule has 1 aromatic rings. The second kappa shape index (κ2) is 8.16. The van der Waals surface area contributed by atoms with Crippen molar-refractivity contribution in [1.29, 1.82) is 0 Å². The molecular weight excluding hydrogens is 374 g/mol. The van der Waals surface area contributed by atoms with E-state index in [-0.39, 0.29) is 11.4 Å². The minimum absolute atomic E-state index is 0.0523. The molecule has 144 valence electrons. The minimum atomic E-state index is -3.45. The average Bonchev–Trinajstić information content (AvgIpc) is 3.10. The highest BCUT2D eigenvalue weighted by Crippen LogP contribution is 2.33. The first-order valence-electron chi connectivity index (χ1n) is 8.65. The van der Waals surface area contributed by atoms with Gasteiger partial charge in [0.1, 0.15) is 0 Å². The number of para-hydroxylation sites is 1. The largest absolute Gasteiger partial charge is 0.379 e. The Bertz CT molecular complexity index is 742. The Morgan fingerprint density at radius 1 is 1.31 bits per heavy atom. The fourth-order valence-electron chi connectivity index (χ4n) is 3.44. The van der Waals surface area contributed by atoms with Gasteiger partial charge in [-0.05, 0) is 24.3 Å². The Morgan fingerprint density at radius 2 is 2.04 bits per heavy atom. The second-order valence-electron chi connectivity index (χ2n) is 6.73. The van der Waals surface area contributed by atoms with Crippen LogP contribution in [0.1, 0.15) is 16.8 Å². The van der Waals surface area contributed by atoms with Crippen molar-refractivity contribution < 1.29 is 17.9 Å². The van der Waals surface area contributed by atoms with Crippen LogP contribution >= 0.6 is 11.8 Å². The van der Waals surface area contributed by atoms with Crippen LogP contribution in [0.25, 0.3) is 0 Å². The zero-order chi connectivity index (χ0) is 18.6. The molecule has 1 amide bonds. The molecule has 0 radical (unpaired) electrons. The summed E-state index contributed by atoms with van der Waals surface area (Å²) in [7, 11) is -3.45. The van der Waals surface area contributed by atoms with Crippen LogP contribution < -0.4 is 10.0 Å². The Kier molecular flexibility index (Phi) is 6.11. The van der Waals surface area contributed by atoms with E-state index < -0.39 is 10.0 Å². The van der Waals surface area contributed by atoms with Crippen molar-refractivity contribution in [3.05, 3.63) is 29.8 Å². The molecule has 26 heavy (non-hydrogen) atoms. The highest BCUT2D eigenvalue weighted by molar-refractivity contribution is 7.99. The van der Waals surface area contributed by atoms with Crippen LogP contribution in [0.3, 0.4) is 0 Å². The summed E-state index contributed by atoms with van der Waals surface area (Å²) in [5, 5.41) is 3.04. The smallest absolute Gasteiger partial charge is 0.253 e. The second-order valence-corrected chi connectivity index (χ2v) is 9.58. The van der Waals surface area contributed by atoms with E-state index in [1.54, 1.807) is 24.3 Å². The molecule has 1 unspecified atom stereocenters. The average molecular weight is 400 g/mol. The van der Waals surface area contributed by atoms with Crippen LogP contribution in [0.4, 0.5) is 5.69 Å². The Labute approximate surface area is 158 Å². The number of thioether (sulfide) groups is 1. The number of nitrogens with zero attached hydrogens (tertiary/aromatic N) is 1. The highest BCUT2D eigenvalue weighted by atomic mass is 32.2. The van der Waals surface area contributed by atoms with Gasteiger partial charge in [0, 0.05) is 30.9 Å². The van der Waals surface area contributed by atoms with Crippen molar-refractivity contribution in [2.24, 2.45) is 0 Å². The van der Waals surface area contributed by atoms with Crippen LogP contribution in [0.5, 0.6) is 0 Å². The highest BCUT2D eigenvalue weighted by Gasteiger charge is 2.41. The first kappa shape index (κ1) is 19.5. The molecule has 2 fully saturated rings. The van der Waals surface area contributed by atoms with E-state index in [4.69, 9.17) is 4.74 Å². The first-order chi connectivity index (χ1) is 12.4. The number of amides is 1. The van der Waals surface area contributed by atoms with E-state index in [0.717, 1.165) is 50.5 Å². The zero-order valence-electron chi connectivity index (χ0n) is 14.9. The molecule has 1 atom stereocenters. The van der Waals surface area contributed by atoms with Crippen molar-refractivity contribution in [1.82, 2.24) is 10.2 Å². The molecule has 2 aliphatic heterocycles. The van der Waals surface area contributed by atoms with Gasteiger partial charge in [-0.2, -0.15) is 11.8 Å². The van der Waals surface area contributed by atoms with Crippen molar-refractivity contribution in [2.45, 2.75) is 12.0 Å². The number of anilines is 1. The third-order valence-corrected chi connectivity index (χ3v) is 6.63. The summed E-state index contributed by atoms with van der Waals surface area (Å²) in [4.78, 5) is 15.2. The molecule has 2 heterocycles. The maximum atomic E-state index is 12.7. The fourth-order valence-corrected chi connectivity index (χ4v) is 5.50. The molecule has 2 N–H and O–H groups in total. The summed E-state index contributed by atoms with van der Waals surface area (Å²) in [6, 6.07) is 6.66. The summed E-state index contributed by atoms with van der Waals surface area (Å²) in [5.74, 6) is 1.80. The predicted octanol–water partition coefficient (Wildman–Crippen LogP) is 0.996. The van der Waals surface area contributed by atoms with E-state index >= 15 is 0 Å². The lowest BCUT2D eigenvalue weighted by Crippen LogP contribution is -2.59. The Morgan fingerprint density at radius 3 is 2.69 bits per heavy atom. The summed E-state index contributed by atoms with van der Waals surface area (Å²) >= 11 is 1.91. The molecule has 0 aliphatic carbocycles. The van der Waals surface area contributed by atoms with Gasteiger partial charge in [0.15, 0.2) is 0 Å². The van der Waals surface area contributed by atoms with Gasteiger partial charge in [-0.25, -0.2) is 8.42 Å².